The van der Waals surface area contributed by atoms with Gasteiger partial charge in [-0.3, -0.25) is 14.4 Å². The largest absolute Gasteiger partial charge is 0.481 e. The molecule has 1 aliphatic heterocycles. The molecule has 0 aliphatic carbocycles. The Morgan fingerprint density at radius 3 is 2.28 bits per heavy atom. The number of hydrogen-bond donors (Lipinski definition) is 3. The molecule has 6 heteroatoms. The van der Waals surface area contributed by atoms with Crippen LogP contribution in [-0.4, -0.2) is 34.5 Å². The molecule has 18 heavy (non-hydrogen) atoms. The first kappa shape index (κ1) is 14.5. The van der Waals surface area contributed by atoms with Crippen LogP contribution in [0.1, 0.15) is 40.5 Å². The molecule has 1 saturated heterocycles. The molecule has 0 unspecified atom stereocenters. The molecule has 2 amide bonds. The fourth-order valence-corrected chi connectivity index (χ4v) is 1.63. The summed E-state index contributed by atoms with van der Waals surface area (Å²) in [5.41, 5.74) is -2.02. The SMILES string of the molecule is CC(C)(NC(=O)[C@@H]1CCC(=O)N1)C(C)(C)C(=O)O. The minimum absolute atomic E-state index is 0.148. The van der Waals surface area contributed by atoms with Crippen molar-refractivity contribution >= 4 is 17.8 Å². The summed E-state index contributed by atoms with van der Waals surface area (Å²) >= 11 is 0. The number of nitrogens with one attached hydrogen (secondary N) is 2. The van der Waals surface area contributed by atoms with Crippen molar-refractivity contribution < 1.29 is 19.5 Å². The van der Waals surface area contributed by atoms with Gasteiger partial charge in [0.2, 0.25) is 11.8 Å². The molecule has 0 saturated carbocycles. The molecule has 1 rings (SSSR count). The molecule has 3 N–H and O–H groups in total. The Kier molecular flexibility index (Phi) is 3.69. The number of carbonyl (C=O) groups excluding carboxylic acids is 2. The van der Waals surface area contributed by atoms with Gasteiger partial charge in [0.1, 0.15) is 6.04 Å². The predicted molar refractivity (Wildman–Crippen MR) is 64.8 cm³/mol. The minimum Gasteiger partial charge on any atom is -0.481 e. The molecule has 0 bridgehead atoms. The van der Waals surface area contributed by atoms with Gasteiger partial charge in [-0.1, -0.05) is 0 Å². The van der Waals surface area contributed by atoms with Crippen molar-refractivity contribution in [2.24, 2.45) is 5.41 Å². The molecule has 6 nitrogen and oxygen atoms in total. The van der Waals surface area contributed by atoms with Crippen LogP contribution < -0.4 is 10.6 Å². The number of amides is 2. The van der Waals surface area contributed by atoms with Crippen molar-refractivity contribution in [3.8, 4) is 0 Å². The molecule has 102 valence electrons. The highest BCUT2D eigenvalue weighted by Gasteiger charge is 2.45. The summed E-state index contributed by atoms with van der Waals surface area (Å²) in [6.45, 7) is 6.44. The second-order valence-corrected chi connectivity index (χ2v) is 5.70. The highest BCUT2D eigenvalue weighted by atomic mass is 16.4. The summed E-state index contributed by atoms with van der Waals surface area (Å²) in [6.07, 6.45) is 0.787. The summed E-state index contributed by atoms with van der Waals surface area (Å²) in [7, 11) is 0. The number of carbonyl (C=O) groups is 3. The third-order valence-corrected chi connectivity index (χ3v) is 3.84. The van der Waals surface area contributed by atoms with Crippen LogP contribution >= 0.6 is 0 Å². The Bertz CT molecular complexity index is 388. The van der Waals surface area contributed by atoms with Gasteiger partial charge in [0, 0.05) is 6.42 Å². The lowest BCUT2D eigenvalue weighted by molar-refractivity contribution is -0.152. The van der Waals surface area contributed by atoms with E-state index in [0.717, 1.165) is 0 Å². The number of rotatable bonds is 4. The molecule has 1 atom stereocenters. The monoisotopic (exact) mass is 256 g/mol. The van der Waals surface area contributed by atoms with Gasteiger partial charge in [0.05, 0.1) is 11.0 Å². The predicted octanol–water partition coefficient (Wildman–Crippen LogP) is 0.271. The Morgan fingerprint density at radius 2 is 1.89 bits per heavy atom. The first-order valence-corrected chi connectivity index (χ1v) is 5.93. The lowest BCUT2D eigenvalue weighted by Crippen LogP contribution is -2.59. The summed E-state index contributed by atoms with van der Waals surface area (Å²) in [4.78, 5) is 34.2. The number of carboxylic acids is 1. The highest BCUT2D eigenvalue weighted by molar-refractivity contribution is 5.91. The number of aliphatic carboxylic acids is 1. The van der Waals surface area contributed by atoms with Crippen molar-refractivity contribution in [1.29, 1.82) is 0 Å². The summed E-state index contributed by atoms with van der Waals surface area (Å²) in [5, 5.41) is 14.4. The van der Waals surface area contributed by atoms with Crippen LogP contribution in [0.15, 0.2) is 0 Å². The van der Waals surface area contributed by atoms with Crippen LogP contribution in [-0.2, 0) is 14.4 Å². The van der Waals surface area contributed by atoms with Crippen molar-refractivity contribution in [2.45, 2.75) is 52.1 Å². The summed E-state index contributed by atoms with van der Waals surface area (Å²) in [5.74, 6) is -1.46. The van der Waals surface area contributed by atoms with Crippen LogP contribution in [0.3, 0.4) is 0 Å². The Balaban J connectivity index is 2.74. The van der Waals surface area contributed by atoms with Crippen molar-refractivity contribution in [3.63, 3.8) is 0 Å². The zero-order chi connectivity index (χ0) is 14.1. The summed E-state index contributed by atoms with van der Waals surface area (Å²) in [6, 6.07) is -0.554. The lowest BCUT2D eigenvalue weighted by Gasteiger charge is -2.39. The molecule has 1 fully saturated rings. The van der Waals surface area contributed by atoms with Gasteiger partial charge < -0.3 is 15.7 Å². The van der Waals surface area contributed by atoms with Gasteiger partial charge in [-0.15, -0.1) is 0 Å². The third kappa shape index (κ3) is 2.63. The average molecular weight is 256 g/mol. The van der Waals surface area contributed by atoms with Crippen LogP contribution in [0, 0.1) is 5.41 Å². The maximum absolute atomic E-state index is 12.0. The van der Waals surface area contributed by atoms with Crippen molar-refractivity contribution in [2.75, 3.05) is 0 Å². The molecule has 0 aromatic heterocycles. The maximum atomic E-state index is 12.0. The van der Waals surface area contributed by atoms with Gasteiger partial charge in [0.25, 0.3) is 0 Å². The zero-order valence-electron chi connectivity index (χ0n) is 11.2. The second-order valence-electron chi connectivity index (χ2n) is 5.70. The second kappa shape index (κ2) is 4.59. The Morgan fingerprint density at radius 1 is 1.33 bits per heavy atom. The van der Waals surface area contributed by atoms with E-state index in [1.54, 1.807) is 27.7 Å². The smallest absolute Gasteiger partial charge is 0.311 e. The molecule has 1 heterocycles. The summed E-state index contributed by atoms with van der Waals surface area (Å²) < 4.78 is 0. The molecule has 0 aromatic rings. The standard InChI is InChI=1S/C12H20N2O4/c1-11(2,10(17)18)12(3,4)14-9(16)7-5-6-8(15)13-7/h7H,5-6H2,1-4H3,(H,13,15)(H,14,16)(H,17,18)/t7-/m0/s1. The molecular weight excluding hydrogens is 236 g/mol. The molecular formula is C12H20N2O4. The number of carboxylic acid groups (broad SMARTS) is 1. The van der Waals surface area contributed by atoms with Gasteiger partial charge in [-0.2, -0.15) is 0 Å². The first-order valence-electron chi connectivity index (χ1n) is 5.93. The van der Waals surface area contributed by atoms with Crippen LogP contribution in [0.5, 0.6) is 0 Å². The number of hydrogen-bond acceptors (Lipinski definition) is 3. The maximum Gasteiger partial charge on any atom is 0.311 e. The first-order chi connectivity index (χ1) is 8.08. The zero-order valence-corrected chi connectivity index (χ0v) is 11.2. The van der Waals surface area contributed by atoms with Gasteiger partial charge in [-0.25, -0.2) is 0 Å². The van der Waals surface area contributed by atoms with E-state index in [-0.39, 0.29) is 11.8 Å². The normalized spacial score (nSPS) is 20.4. The Labute approximate surface area is 106 Å². The molecule has 1 aliphatic rings. The quantitative estimate of drug-likeness (QED) is 0.672. The lowest BCUT2D eigenvalue weighted by atomic mass is 9.74. The fraction of sp³-hybridized carbons (Fsp3) is 0.750. The van der Waals surface area contributed by atoms with Crippen LogP contribution in [0.25, 0.3) is 0 Å². The van der Waals surface area contributed by atoms with Gasteiger partial charge in [-0.05, 0) is 34.1 Å². The molecule has 0 radical (unpaired) electrons. The van der Waals surface area contributed by atoms with E-state index in [0.29, 0.717) is 12.8 Å². The van der Waals surface area contributed by atoms with Crippen LogP contribution in [0.4, 0.5) is 0 Å². The average Bonchev–Trinajstić information content (AvgIpc) is 2.63. The fourth-order valence-electron chi connectivity index (χ4n) is 1.63. The minimum atomic E-state index is -1.11. The Hall–Kier alpha value is -1.59. The molecule has 0 spiro atoms. The van der Waals surface area contributed by atoms with E-state index in [1.165, 1.54) is 0 Å². The van der Waals surface area contributed by atoms with E-state index in [4.69, 9.17) is 0 Å². The highest BCUT2D eigenvalue weighted by Crippen LogP contribution is 2.30. The van der Waals surface area contributed by atoms with Gasteiger partial charge in [0.15, 0.2) is 0 Å². The van der Waals surface area contributed by atoms with E-state index in [2.05, 4.69) is 10.6 Å². The van der Waals surface area contributed by atoms with Crippen LogP contribution in [0.2, 0.25) is 0 Å². The van der Waals surface area contributed by atoms with E-state index in [9.17, 15) is 19.5 Å². The van der Waals surface area contributed by atoms with E-state index in [1.807, 2.05) is 0 Å². The molecule has 0 aromatic carbocycles. The van der Waals surface area contributed by atoms with E-state index >= 15 is 0 Å². The third-order valence-electron chi connectivity index (χ3n) is 3.84. The topological polar surface area (TPSA) is 95.5 Å². The van der Waals surface area contributed by atoms with Crippen molar-refractivity contribution in [1.82, 2.24) is 10.6 Å². The van der Waals surface area contributed by atoms with E-state index < -0.39 is 23.0 Å². The van der Waals surface area contributed by atoms with Gasteiger partial charge >= 0.3 is 5.97 Å². The van der Waals surface area contributed by atoms with Crippen molar-refractivity contribution in [3.05, 3.63) is 0 Å².